The molecule has 0 radical (unpaired) electrons. The molecular weight excluding hydrogens is 471 g/mol. The van der Waals surface area contributed by atoms with Crippen molar-refractivity contribution in [2.24, 2.45) is 0 Å². The number of imide groups is 1. The fourth-order valence-corrected chi connectivity index (χ4v) is 3.55. The first-order chi connectivity index (χ1) is 13.5. The zero-order valence-electron chi connectivity index (χ0n) is 14.5. The highest BCUT2D eigenvalue weighted by molar-refractivity contribution is 14.1. The number of furan rings is 1. The van der Waals surface area contributed by atoms with E-state index in [-0.39, 0.29) is 5.75 Å². The van der Waals surface area contributed by atoms with Gasteiger partial charge in [0.2, 0.25) is 0 Å². The molecule has 0 spiro atoms. The number of benzene rings is 2. The van der Waals surface area contributed by atoms with Crippen molar-refractivity contribution in [1.29, 1.82) is 0 Å². The number of carbonyl (C=O) groups excluding carboxylic acids is 2. The summed E-state index contributed by atoms with van der Waals surface area (Å²) in [6.07, 6.45) is 4.71. The summed E-state index contributed by atoms with van der Waals surface area (Å²) in [7, 11) is 0. The van der Waals surface area contributed by atoms with E-state index < -0.39 is 11.8 Å². The second-order valence-electron chi connectivity index (χ2n) is 6.28. The van der Waals surface area contributed by atoms with E-state index in [4.69, 9.17) is 4.42 Å². The first-order valence-electron chi connectivity index (χ1n) is 8.46. The molecule has 2 heterocycles. The van der Waals surface area contributed by atoms with Crippen molar-refractivity contribution >= 4 is 40.0 Å². The van der Waals surface area contributed by atoms with E-state index in [0.717, 1.165) is 14.7 Å². The maximum Gasteiger partial charge on any atom is 0.260 e. The average Bonchev–Trinajstić information content (AvgIpc) is 3.18. The standard InChI is InChI=1S/C21H15IN2O4/c22-14-2-4-16-17(8-14)18(21(27)24-20(16)26)10-23-9-12-1-3-15(19(25)7-12)13-5-6-28-11-13/h1-8,10-11,23,25H,9H2,(H,24,26,27)/b18-10-. The lowest BCUT2D eigenvalue weighted by Gasteiger charge is -2.18. The molecule has 2 amide bonds. The summed E-state index contributed by atoms with van der Waals surface area (Å²) in [5, 5.41) is 15.7. The van der Waals surface area contributed by atoms with Crippen molar-refractivity contribution in [2.45, 2.75) is 6.54 Å². The van der Waals surface area contributed by atoms with Gasteiger partial charge < -0.3 is 14.8 Å². The topological polar surface area (TPSA) is 91.6 Å². The molecule has 2 aromatic carbocycles. The van der Waals surface area contributed by atoms with Crippen LogP contribution in [0.4, 0.5) is 0 Å². The van der Waals surface area contributed by atoms with Crippen LogP contribution in [0.2, 0.25) is 0 Å². The van der Waals surface area contributed by atoms with Crippen LogP contribution in [0.15, 0.2) is 65.6 Å². The van der Waals surface area contributed by atoms with Crippen LogP contribution >= 0.6 is 22.6 Å². The summed E-state index contributed by atoms with van der Waals surface area (Å²) in [5.41, 5.74) is 3.80. The normalized spacial score (nSPS) is 14.7. The van der Waals surface area contributed by atoms with Gasteiger partial charge in [-0.15, -0.1) is 0 Å². The third-order valence-electron chi connectivity index (χ3n) is 4.44. The highest BCUT2D eigenvalue weighted by Crippen LogP contribution is 2.30. The second kappa shape index (κ2) is 7.51. The van der Waals surface area contributed by atoms with Gasteiger partial charge in [-0.25, -0.2) is 0 Å². The van der Waals surface area contributed by atoms with Crippen molar-refractivity contribution in [2.75, 3.05) is 0 Å². The molecule has 3 aromatic rings. The van der Waals surface area contributed by atoms with Crippen LogP contribution in [0, 0.1) is 3.57 Å². The number of hydrogen-bond acceptors (Lipinski definition) is 5. The molecule has 4 rings (SSSR count). The number of hydrogen-bond donors (Lipinski definition) is 3. The van der Waals surface area contributed by atoms with Crippen molar-refractivity contribution in [3.63, 3.8) is 0 Å². The van der Waals surface area contributed by atoms with Crippen molar-refractivity contribution in [1.82, 2.24) is 10.6 Å². The number of phenolic OH excluding ortho intramolecular Hbond substituents is 1. The second-order valence-corrected chi connectivity index (χ2v) is 7.52. The molecular formula is C21H15IN2O4. The van der Waals surface area contributed by atoms with E-state index in [0.29, 0.717) is 28.8 Å². The van der Waals surface area contributed by atoms with E-state index >= 15 is 0 Å². The van der Waals surface area contributed by atoms with Crippen LogP contribution < -0.4 is 10.6 Å². The Labute approximate surface area is 174 Å². The van der Waals surface area contributed by atoms with Crippen LogP contribution in [0.5, 0.6) is 5.75 Å². The molecule has 28 heavy (non-hydrogen) atoms. The fourth-order valence-electron chi connectivity index (χ4n) is 3.06. The zero-order chi connectivity index (χ0) is 19.7. The number of rotatable bonds is 4. The lowest BCUT2D eigenvalue weighted by molar-refractivity contribution is -0.114. The fraction of sp³-hybridized carbons (Fsp3) is 0.0476. The SMILES string of the molecule is O=C1NC(=O)c2ccc(I)cc2/C1=C/NCc1ccc(-c2ccoc2)c(O)c1. The Hall–Kier alpha value is -3.07. The third-order valence-corrected chi connectivity index (χ3v) is 5.11. The largest absolute Gasteiger partial charge is 0.507 e. The predicted octanol–water partition coefficient (Wildman–Crippen LogP) is 3.66. The van der Waals surface area contributed by atoms with Crippen molar-refractivity contribution in [3.05, 3.63) is 81.5 Å². The molecule has 0 saturated carbocycles. The molecule has 0 unspecified atom stereocenters. The van der Waals surface area contributed by atoms with Crippen LogP contribution in [0.3, 0.4) is 0 Å². The summed E-state index contributed by atoms with van der Waals surface area (Å²) in [6, 6.07) is 12.5. The first kappa shape index (κ1) is 18.3. The summed E-state index contributed by atoms with van der Waals surface area (Å²) in [4.78, 5) is 24.3. The Balaban J connectivity index is 1.55. The molecule has 1 aromatic heterocycles. The van der Waals surface area contributed by atoms with Crippen molar-refractivity contribution in [3.8, 4) is 16.9 Å². The van der Waals surface area contributed by atoms with Gasteiger partial charge in [0.15, 0.2) is 0 Å². The minimum absolute atomic E-state index is 0.147. The number of nitrogens with one attached hydrogen (secondary N) is 2. The summed E-state index contributed by atoms with van der Waals surface area (Å²) in [5.74, 6) is -0.687. The minimum atomic E-state index is -0.440. The molecule has 1 aliphatic heterocycles. The van der Waals surface area contributed by atoms with Crippen LogP contribution in [-0.4, -0.2) is 16.9 Å². The molecule has 6 nitrogen and oxygen atoms in total. The number of aromatic hydroxyl groups is 1. The van der Waals surface area contributed by atoms with Gasteiger partial charge >= 0.3 is 0 Å². The molecule has 140 valence electrons. The summed E-state index contributed by atoms with van der Waals surface area (Å²) >= 11 is 2.14. The maximum atomic E-state index is 12.3. The zero-order valence-corrected chi connectivity index (χ0v) is 16.7. The molecule has 1 aliphatic rings. The first-order valence-corrected chi connectivity index (χ1v) is 9.54. The third kappa shape index (κ3) is 3.53. The van der Waals surface area contributed by atoms with Gasteiger partial charge in [-0.1, -0.05) is 12.1 Å². The molecule has 0 fully saturated rings. The maximum absolute atomic E-state index is 12.3. The number of amides is 2. The van der Waals surface area contributed by atoms with Gasteiger partial charge in [0.05, 0.1) is 18.1 Å². The number of carbonyl (C=O) groups is 2. The van der Waals surface area contributed by atoms with E-state index in [2.05, 4.69) is 33.2 Å². The molecule has 3 N–H and O–H groups in total. The van der Waals surface area contributed by atoms with Gasteiger partial charge in [0, 0.05) is 38.6 Å². The molecule has 0 aliphatic carbocycles. The summed E-state index contributed by atoms with van der Waals surface area (Å²) < 4.78 is 5.98. The highest BCUT2D eigenvalue weighted by Gasteiger charge is 2.27. The monoisotopic (exact) mass is 486 g/mol. The van der Waals surface area contributed by atoms with Gasteiger partial charge in [-0.05, 0) is 58.5 Å². The summed E-state index contributed by atoms with van der Waals surface area (Å²) in [6.45, 7) is 0.406. The molecule has 0 bridgehead atoms. The minimum Gasteiger partial charge on any atom is -0.507 e. The average molecular weight is 486 g/mol. The van der Waals surface area contributed by atoms with Crippen molar-refractivity contribution < 1.29 is 19.1 Å². The van der Waals surface area contributed by atoms with Gasteiger partial charge in [-0.2, -0.15) is 0 Å². The smallest absolute Gasteiger partial charge is 0.260 e. The number of fused-ring (bicyclic) bond motifs is 1. The molecule has 7 heteroatoms. The van der Waals surface area contributed by atoms with E-state index in [1.807, 2.05) is 24.3 Å². The van der Waals surface area contributed by atoms with Gasteiger partial charge in [0.1, 0.15) is 5.75 Å². The van der Waals surface area contributed by atoms with Crippen LogP contribution in [0.1, 0.15) is 21.5 Å². The van der Waals surface area contributed by atoms with Crippen LogP contribution in [-0.2, 0) is 11.3 Å². The molecule has 0 atom stereocenters. The lowest BCUT2D eigenvalue weighted by atomic mass is 9.95. The number of phenols is 1. The Morgan fingerprint density at radius 3 is 2.61 bits per heavy atom. The molecule has 0 saturated heterocycles. The van der Waals surface area contributed by atoms with E-state index in [9.17, 15) is 14.7 Å². The number of halogens is 1. The van der Waals surface area contributed by atoms with Gasteiger partial charge in [-0.3, -0.25) is 14.9 Å². The Morgan fingerprint density at radius 2 is 1.86 bits per heavy atom. The quantitative estimate of drug-likeness (QED) is 0.298. The Kier molecular flexibility index (Phi) is 4.91. The van der Waals surface area contributed by atoms with E-state index in [1.54, 1.807) is 36.9 Å². The van der Waals surface area contributed by atoms with Crippen LogP contribution in [0.25, 0.3) is 16.7 Å². The highest BCUT2D eigenvalue weighted by atomic mass is 127. The van der Waals surface area contributed by atoms with Gasteiger partial charge in [0.25, 0.3) is 11.8 Å². The Morgan fingerprint density at radius 1 is 1.04 bits per heavy atom. The Bertz CT molecular complexity index is 1100. The van der Waals surface area contributed by atoms with E-state index in [1.165, 1.54) is 0 Å². The predicted molar refractivity (Wildman–Crippen MR) is 112 cm³/mol. The lowest BCUT2D eigenvalue weighted by Crippen LogP contribution is -2.37.